The molecule has 0 radical (unpaired) electrons. The highest BCUT2D eigenvalue weighted by Gasteiger charge is 2.88. The number of furan rings is 1. The van der Waals surface area contributed by atoms with Crippen molar-refractivity contribution < 1.29 is 42.9 Å². The number of esters is 3. The number of aliphatic hydroxyl groups is 1. The van der Waals surface area contributed by atoms with Crippen molar-refractivity contribution in [2.45, 2.75) is 103 Å². The molecule has 3 saturated heterocycles. The molecule has 37 heavy (non-hydrogen) atoms. The first-order valence-electron chi connectivity index (χ1n) is 13.2. The summed E-state index contributed by atoms with van der Waals surface area (Å²) in [6.07, 6.45) is 1.71. The van der Waals surface area contributed by atoms with E-state index in [-0.39, 0.29) is 18.3 Å². The Morgan fingerprint density at radius 2 is 1.84 bits per heavy atom. The topological polar surface area (TPSA) is 125 Å². The van der Waals surface area contributed by atoms with E-state index in [9.17, 15) is 19.5 Å². The van der Waals surface area contributed by atoms with Crippen LogP contribution in [-0.2, 0) is 33.3 Å². The van der Waals surface area contributed by atoms with Crippen LogP contribution in [0.1, 0.15) is 78.9 Å². The first-order valence-corrected chi connectivity index (χ1v) is 13.2. The number of carbonyl (C=O) groups excluding carboxylic acids is 3. The van der Waals surface area contributed by atoms with Gasteiger partial charge in [-0.3, -0.25) is 9.59 Å². The van der Waals surface area contributed by atoms with E-state index in [0.29, 0.717) is 19.3 Å². The van der Waals surface area contributed by atoms with Crippen molar-refractivity contribution in [3.8, 4) is 0 Å². The molecule has 1 unspecified atom stereocenters. The van der Waals surface area contributed by atoms with E-state index >= 15 is 0 Å². The van der Waals surface area contributed by atoms with Crippen LogP contribution in [0.4, 0.5) is 0 Å². The fraction of sp³-hybridized carbons (Fsp3) is 0.750. The van der Waals surface area contributed by atoms with Crippen molar-refractivity contribution in [1.82, 2.24) is 0 Å². The normalized spacial score (nSPS) is 49.7. The van der Waals surface area contributed by atoms with Crippen molar-refractivity contribution >= 4 is 17.9 Å². The van der Waals surface area contributed by atoms with Gasteiger partial charge in [-0.25, -0.2) is 4.79 Å². The predicted octanol–water partition coefficient (Wildman–Crippen LogP) is 3.48. The van der Waals surface area contributed by atoms with E-state index in [1.807, 2.05) is 20.8 Å². The summed E-state index contributed by atoms with van der Waals surface area (Å²) in [4.78, 5) is 38.4. The molecule has 6 rings (SSSR count). The minimum Gasteiger partial charge on any atom is -0.472 e. The van der Waals surface area contributed by atoms with E-state index in [4.69, 9.17) is 23.4 Å². The molecule has 1 spiro atoms. The van der Waals surface area contributed by atoms with Crippen LogP contribution in [0.2, 0.25) is 0 Å². The molecule has 5 fully saturated rings. The van der Waals surface area contributed by atoms with Crippen molar-refractivity contribution in [2.24, 2.45) is 28.1 Å². The van der Waals surface area contributed by atoms with Crippen LogP contribution in [0.3, 0.4) is 0 Å². The van der Waals surface area contributed by atoms with Gasteiger partial charge in [0.1, 0.15) is 23.4 Å². The summed E-state index contributed by atoms with van der Waals surface area (Å²) in [5.41, 5.74) is -3.37. The highest BCUT2D eigenvalue weighted by Crippen LogP contribution is 2.79. The maximum atomic E-state index is 13.2. The minimum atomic E-state index is -0.990. The Labute approximate surface area is 216 Å². The largest absolute Gasteiger partial charge is 0.472 e. The molecule has 202 valence electrons. The Hall–Kier alpha value is -2.39. The molecular weight excluding hydrogens is 480 g/mol. The summed E-state index contributed by atoms with van der Waals surface area (Å²) in [6.45, 7) is 11.2. The number of ether oxygens (including phenoxy) is 4. The molecule has 0 aromatic carbocycles. The third-order valence-electron chi connectivity index (χ3n) is 11.0. The van der Waals surface area contributed by atoms with Crippen LogP contribution < -0.4 is 0 Å². The number of cyclic esters (lactones) is 2. The van der Waals surface area contributed by atoms with Gasteiger partial charge < -0.3 is 28.5 Å². The molecule has 2 aliphatic carbocycles. The molecule has 9 nitrogen and oxygen atoms in total. The third kappa shape index (κ3) is 2.85. The van der Waals surface area contributed by atoms with Crippen LogP contribution >= 0.6 is 0 Å². The lowest BCUT2D eigenvalue weighted by Gasteiger charge is -2.68. The lowest BCUT2D eigenvalue weighted by atomic mass is 9.36. The number of fused-ring (bicyclic) bond motifs is 3. The standard InChI is InChI=1S/C28H36O9/c1-14(29)34-19-12-20(31)36-24(2,3)17-11-18(30)27(6)16(26(17,19)5)7-9-25(4)21(15-8-10-33-13-15)35-23(32)22-28(25,27)37-22/h8,10,13,16-19,21-22,30H,7,9,11-12H2,1-6H3/t16-,17+,18-,19?,21+,22-,25+,26-,27+,28-/m1/s1. The molecule has 0 bridgehead atoms. The fourth-order valence-corrected chi connectivity index (χ4v) is 9.54. The van der Waals surface area contributed by atoms with Gasteiger partial charge in [0, 0.05) is 34.7 Å². The summed E-state index contributed by atoms with van der Waals surface area (Å²) in [7, 11) is 0. The molecule has 9 heteroatoms. The molecule has 0 amide bonds. The highest BCUT2D eigenvalue weighted by atomic mass is 16.7. The first kappa shape index (κ1) is 24.9. The Morgan fingerprint density at radius 1 is 1.11 bits per heavy atom. The summed E-state index contributed by atoms with van der Waals surface area (Å²) < 4.78 is 29.5. The molecule has 10 atom stereocenters. The van der Waals surface area contributed by atoms with Crippen LogP contribution in [-0.4, -0.2) is 52.5 Å². The second-order valence-corrected chi connectivity index (χ2v) is 12.9. The number of hydrogen-bond acceptors (Lipinski definition) is 9. The van der Waals surface area contributed by atoms with Gasteiger partial charge in [0.2, 0.25) is 0 Å². The quantitative estimate of drug-likeness (QED) is 0.357. The average molecular weight is 517 g/mol. The fourth-order valence-electron chi connectivity index (χ4n) is 9.54. The maximum absolute atomic E-state index is 13.2. The Morgan fingerprint density at radius 3 is 2.49 bits per heavy atom. The van der Waals surface area contributed by atoms with E-state index in [1.165, 1.54) is 6.92 Å². The van der Waals surface area contributed by atoms with Crippen LogP contribution in [0.25, 0.3) is 0 Å². The smallest absolute Gasteiger partial charge is 0.339 e. The number of rotatable bonds is 2. The highest BCUT2D eigenvalue weighted by molar-refractivity contribution is 5.82. The van der Waals surface area contributed by atoms with Gasteiger partial charge in [-0.05, 0) is 45.1 Å². The zero-order valence-electron chi connectivity index (χ0n) is 22.2. The van der Waals surface area contributed by atoms with Gasteiger partial charge in [-0.15, -0.1) is 0 Å². The molecule has 1 N–H and O–H groups in total. The lowest BCUT2D eigenvalue weighted by molar-refractivity contribution is -0.274. The third-order valence-corrected chi connectivity index (χ3v) is 11.0. The molecule has 1 aromatic heterocycles. The van der Waals surface area contributed by atoms with Gasteiger partial charge in [0.05, 0.1) is 25.1 Å². The van der Waals surface area contributed by atoms with Crippen molar-refractivity contribution in [1.29, 1.82) is 0 Å². The second kappa shape index (κ2) is 7.38. The summed E-state index contributed by atoms with van der Waals surface area (Å²) in [5, 5.41) is 12.0. The van der Waals surface area contributed by atoms with E-state index in [0.717, 1.165) is 5.56 Å². The predicted molar refractivity (Wildman–Crippen MR) is 127 cm³/mol. The van der Waals surface area contributed by atoms with Crippen molar-refractivity contribution in [3.05, 3.63) is 24.2 Å². The number of hydrogen-bond donors (Lipinski definition) is 1. The Kier molecular flexibility index (Phi) is 4.97. The van der Waals surface area contributed by atoms with E-state index in [1.54, 1.807) is 18.6 Å². The second-order valence-electron chi connectivity index (χ2n) is 12.9. The molecule has 1 aromatic rings. The molecule has 5 aliphatic rings. The van der Waals surface area contributed by atoms with Crippen LogP contribution in [0.15, 0.2) is 23.0 Å². The number of epoxide rings is 1. The van der Waals surface area contributed by atoms with Gasteiger partial charge in [-0.2, -0.15) is 0 Å². The molecular formula is C28H36O9. The number of aliphatic hydroxyl groups excluding tert-OH is 1. The monoisotopic (exact) mass is 516 g/mol. The van der Waals surface area contributed by atoms with Gasteiger partial charge in [0.15, 0.2) is 6.10 Å². The van der Waals surface area contributed by atoms with Crippen LogP contribution in [0, 0.1) is 28.1 Å². The van der Waals surface area contributed by atoms with Gasteiger partial charge >= 0.3 is 17.9 Å². The molecule has 4 heterocycles. The summed E-state index contributed by atoms with van der Waals surface area (Å²) >= 11 is 0. The minimum absolute atomic E-state index is 0.0626. The van der Waals surface area contributed by atoms with Gasteiger partial charge in [-0.1, -0.05) is 20.8 Å². The Bertz CT molecular complexity index is 1160. The zero-order chi connectivity index (χ0) is 26.8. The Balaban J connectivity index is 1.53. The summed E-state index contributed by atoms with van der Waals surface area (Å²) in [5.74, 6) is -1.86. The number of carbonyl (C=O) groups is 3. The summed E-state index contributed by atoms with van der Waals surface area (Å²) in [6, 6.07) is 1.80. The van der Waals surface area contributed by atoms with Gasteiger partial charge in [0.25, 0.3) is 0 Å². The lowest BCUT2D eigenvalue weighted by Crippen LogP contribution is -2.73. The van der Waals surface area contributed by atoms with E-state index < -0.39 is 69.8 Å². The molecule has 2 saturated carbocycles. The van der Waals surface area contributed by atoms with E-state index in [2.05, 4.69) is 13.8 Å². The van der Waals surface area contributed by atoms with Crippen molar-refractivity contribution in [3.63, 3.8) is 0 Å². The molecule has 3 aliphatic heterocycles. The zero-order valence-corrected chi connectivity index (χ0v) is 22.2. The SMILES string of the molecule is CC(=O)OC1CC(=O)OC(C)(C)[C@@H]2C[C@@H](O)[C@]3(C)[C@H](CC[C@@]4(C)[C@H](c5ccoc5)OC(=O)[C@H]5O[C@@]534)[C@@]12C. The maximum Gasteiger partial charge on any atom is 0.339 e. The van der Waals surface area contributed by atoms with Crippen LogP contribution in [0.5, 0.6) is 0 Å². The van der Waals surface area contributed by atoms with Crippen molar-refractivity contribution in [2.75, 3.05) is 0 Å². The first-order chi connectivity index (χ1) is 17.2. The average Bonchev–Trinajstić information content (AvgIpc) is 3.38.